The van der Waals surface area contributed by atoms with Crippen LogP contribution in [0.5, 0.6) is 5.75 Å². The number of carbonyl (C=O) groups excluding carboxylic acids is 1. The van der Waals surface area contributed by atoms with E-state index in [0.717, 1.165) is 35.2 Å². The van der Waals surface area contributed by atoms with E-state index in [2.05, 4.69) is 4.98 Å². The molecule has 1 fully saturated rings. The van der Waals surface area contributed by atoms with Crippen molar-refractivity contribution in [1.82, 2.24) is 4.98 Å². The Morgan fingerprint density at radius 2 is 1.85 bits per heavy atom. The number of carbonyl (C=O) groups is 1. The summed E-state index contributed by atoms with van der Waals surface area (Å²) >= 11 is 0. The van der Waals surface area contributed by atoms with Crippen LogP contribution in [0.15, 0.2) is 60.8 Å². The smallest absolute Gasteiger partial charge is 0.416 e. The molecule has 0 bridgehead atoms. The summed E-state index contributed by atoms with van der Waals surface area (Å²) in [7, 11) is 1.59. The SMILES string of the molecule is COc1ccccc1-c1ccc(C2(C=O)CCN(c3ccc(C(F)(F)F)cc3C#N)CC2)cn1. The number of nitrogens with zero attached hydrogens (tertiary/aromatic N) is 3. The van der Waals surface area contributed by atoms with Crippen molar-refractivity contribution in [3.8, 4) is 23.1 Å². The van der Waals surface area contributed by atoms with E-state index in [9.17, 15) is 23.2 Å². The highest BCUT2D eigenvalue weighted by Crippen LogP contribution is 2.38. The van der Waals surface area contributed by atoms with E-state index in [1.807, 2.05) is 47.4 Å². The first-order valence-corrected chi connectivity index (χ1v) is 10.7. The molecule has 0 unspecified atom stereocenters. The Morgan fingerprint density at radius 1 is 1.12 bits per heavy atom. The normalized spacial score (nSPS) is 15.4. The molecule has 0 atom stereocenters. The van der Waals surface area contributed by atoms with E-state index in [0.29, 0.717) is 37.4 Å². The van der Waals surface area contributed by atoms with Gasteiger partial charge in [-0.2, -0.15) is 18.4 Å². The molecule has 8 heteroatoms. The molecule has 0 N–H and O–H groups in total. The van der Waals surface area contributed by atoms with Crippen molar-refractivity contribution in [2.75, 3.05) is 25.1 Å². The third kappa shape index (κ3) is 4.34. The van der Waals surface area contributed by atoms with Gasteiger partial charge in [-0.15, -0.1) is 0 Å². The number of pyridine rings is 1. The standard InChI is InChI=1S/C26H22F3N3O2/c1-34-24-5-3-2-4-21(24)22-8-6-20(16-31-22)25(17-33)10-12-32(13-11-25)23-9-7-19(26(27,28)29)14-18(23)15-30/h2-9,14,16-17H,10-13H2,1H3. The topological polar surface area (TPSA) is 66.2 Å². The van der Waals surface area contributed by atoms with Gasteiger partial charge in [0.1, 0.15) is 18.1 Å². The van der Waals surface area contributed by atoms with E-state index in [-0.39, 0.29) is 5.56 Å². The molecule has 34 heavy (non-hydrogen) atoms. The number of ether oxygens (including phenoxy) is 1. The fourth-order valence-electron chi connectivity index (χ4n) is 4.40. The molecule has 1 aliphatic rings. The van der Waals surface area contributed by atoms with Gasteiger partial charge in [0.05, 0.1) is 35.0 Å². The number of alkyl halides is 3. The number of anilines is 1. The van der Waals surface area contributed by atoms with E-state index in [1.165, 1.54) is 6.07 Å². The van der Waals surface area contributed by atoms with Crippen LogP contribution >= 0.6 is 0 Å². The van der Waals surface area contributed by atoms with Gasteiger partial charge in [0.15, 0.2) is 0 Å². The Bertz CT molecular complexity index is 1230. The summed E-state index contributed by atoms with van der Waals surface area (Å²) in [6, 6.07) is 16.3. The Morgan fingerprint density at radius 3 is 2.44 bits per heavy atom. The molecule has 1 aliphatic heterocycles. The molecule has 0 aliphatic carbocycles. The number of piperidine rings is 1. The number of aromatic nitrogens is 1. The highest BCUT2D eigenvalue weighted by molar-refractivity contribution is 5.72. The minimum Gasteiger partial charge on any atom is -0.496 e. The van der Waals surface area contributed by atoms with E-state index < -0.39 is 17.2 Å². The molecule has 0 amide bonds. The quantitative estimate of drug-likeness (QED) is 0.473. The lowest BCUT2D eigenvalue weighted by atomic mass is 9.74. The van der Waals surface area contributed by atoms with Gasteiger partial charge in [0.25, 0.3) is 0 Å². The number of para-hydroxylation sites is 1. The predicted molar refractivity (Wildman–Crippen MR) is 122 cm³/mol. The largest absolute Gasteiger partial charge is 0.496 e. The van der Waals surface area contributed by atoms with E-state index >= 15 is 0 Å². The molecule has 5 nitrogen and oxygen atoms in total. The number of benzene rings is 2. The summed E-state index contributed by atoms with van der Waals surface area (Å²) in [6.45, 7) is 0.847. The summed E-state index contributed by atoms with van der Waals surface area (Å²) in [5, 5.41) is 9.41. The van der Waals surface area contributed by atoms with Crippen molar-refractivity contribution in [3.63, 3.8) is 0 Å². The molecule has 0 spiro atoms. The van der Waals surface area contributed by atoms with E-state index in [1.54, 1.807) is 13.3 Å². The number of hydrogen-bond acceptors (Lipinski definition) is 5. The lowest BCUT2D eigenvalue weighted by Gasteiger charge is -2.40. The van der Waals surface area contributed by atoms with Crippen molar-refractivity contribution in [1.29, 1.82) is 5.26 Å². The molecule has 0 saturated carbocycles. The number of nitriles is 1. The number of rotatable bonds is 5. The first-order valence-electron chi connectivity index (χ1n) is 10.7. The zero-order valence-electron chi connectivity index (χ0n) is 18.5. The Kier molecular flexibility index (Phi) is 6.29. The molecule has 3 aromatic rings. The van der Waals surface area contributed by atoms with Crippen LogP contribution in [0.3, 0.4) is 0 Å². The highest BCUT2D eigenvalue weighted by Gasteiger charge is 2.37. The summed E-state index contributed by atoms with van der Waals surface area (Å²) in [6.07, 6.45) is -0.968. The van der Waals surface area contributed by atoms with E-state index in [4.69, 9.17) is 4.74 Å². The van der Waals surface area contributed by atoms with Crippen molar-refractivity contribution >= 4 is 12.0 Å². The lowest BCUT2D eigenvalue weighted by Crippen LogP contribution is -2.44. The predicted octanol–water partition coefficient (Wildman–Crippen LogP) is 5.38. The minimum atomic E-state index is -4.51. The van der Waals surface area contributed by atoms with Gasteiger partial charge in [0, 0.05) is 24.8 Å². The van der Waals surface area contributed by atoms with Gasteiger partial charge < -0.3 is 14.4 Å². The number of methoxy groups -OCH3 is 1. The van der Waals surface area contributed by atoms with Crippen LogP contribution in [0.4, 0.5) is 18.9 Å². The van der Waals surface area contributed by atoms with Crippen molar-refractivity contribution < 1.29 is 22.7 Å². The van der Waals surface area contributed by atoms with Crippen LogP contribution in [0.1, 0.15) is 29.5 Å². The lowest BCUT2D eigenvalue weighted by molar-refractivity contribution is -0.137. The summed E-state index contributed by atoms with van der Waals surface area (Å²) in [5.41, 5.74) is 1.17. The molecular formula is C26H22F3N3O2. The van der Waals surface area contributed by atoms with Gasteiger partial charge in [0.2, 0.25) is 0 Å². The molecular weight excluding hydrogens is 443 g/mol. The van der Waals surface area contributed by atoms with Gasteiger partial charge in [-0.1, -0.05) is 18.2 Å². The van der Waals surface area contributed by atoms with Crippen LogP contribution in [0.2, 0.25) is 0 Å². The fraction of sp³-hybridized carbons (Fsp3) is 0.269. The van der Waals surface area contributed by atoms with Crippen LogP contribution in [0, 0.1) is 11.3 Å². The zero-order chi connectivity index (χ0) is 24.3. The second-order valence-corrected chi connectivity index (χ2v) is 8.23. The van der Waals surface area contributed by atoms with Crippen molar-refractivity contribution in [2.45, 2.75) is 24.4 Å². The van der Waals surface area contributed by atoms with Crippen LogP contribution in [-0.4, -0.2) is 31.5 Å². The Labute approximate surface area is 195 Å². The Hall–Kier alpha value is -3.86. The molecule has 1 aromatic heterocycles. The maximum absolute atomic E-state index is 13.0. The van der Waals surface area contributed by atoms with Gasteiger partial charge >= 0.3 is 6.18 Å². The van der Waals surface area contributed by atoms with Crippen LogP contribution in [0.25, 0.3) is 11.3 Å². The number of aldehydes is 1. The van der Waals surface area contributed by atoms with Crippen LogP contribution in [-0.2, 0) is 16.4 Å². The average Bonchev–Trinajstić information content (AvgIpc) is 2.88. The molecule has 174 valence electrons. The second-order valence-electron chi connectivity index (χ2n) is 8.23. The maximum atomic E-state index is 13.0. The monoisotopic (exact) mass is 465 g/mol. The van der Waals surface area contributed by atoms with Crippen molar-refractivity contribution in [2.24, 2.45) is 0 Å². The average molecular weight is 465 g/mol. The second kappa shape index (κ2) is 9.18. The zero-order valence-corrected chi connectivity index (χ0v) is 18.5. The summed E-state index contributed by atoms with van der Waals surface area (Å²) < 4.78 is 44.5. The molecule has 4 rings (SSSR count). The molecule has 1 saturated heterocycles. The molecule has 0 radical (unpaired) electrons. The van der Waals surface area contributed by atoms with Gasteiger partial charge in [-0.25, -0.2) is 0 Å². The summed E-state index contributed by atoms with van der Waals surface area (Å²) in [4.78, 5) is 18.6. The summed E-state index contributed by atoms with van der Waals surface area (Å²) in [5.74, 6) is 0.700. The first-order chi connectivity index (χ1) is 16.3. The highest BCUT2D eigenvalue weighted by atomic mass is 19.4. The Balaban J connectivity index is 1.55. The molecule has 2 heterocycles. The first kappa shape index (κ1) is 23.3. The third-order valence-electron chi connectivity index (χ3n) is 6.39. The minimum absolute atomic E-state index is 0.0312. The number of hydrogen-bond donors (Lipinski definition) is 0. The third-order valence-corrected chi connectivity index (χ3v) is 6.39. The molecule has 2 aromatic carbocycles. The van der Waals surface area contributed by atoms with Gasteiger partial charge in [-0.3, -0.25) is 4.98 Å². The number of halogens is 3. The fourth-order valence-corrected chi connectivity index (χ4v) is 4.40. The van der Waals surface area contributed by atoms with Crippen molar-refractivity contribution in [3.05, 3.63) is 77.5 Å². The van der Waals surface area contributed by atoms with Gasteiger partial charge in [-0.05, 0) is 54.8 Å². The van der Waals surface area contributed by atoms with Crippen LogP contribution < -0.4 is 9.64 Å². The maximum Gasteiger partial charge on any atom is 0.416 e.